The summed E-state index contributed by atoms with van der Waals surface area (Å²) in [6.45, 7) is 3.15. The van der Waals surface area contributed by atoms with Crippen LogP contribution in [0, 0.1) is 0 Å². The number of nitrogens with zero attached hydrogens (tertiary/aromatic N) is 2. The molecule has 0 amide bonds. The maximum absolute atomic E-state index is 5.27. The van der Waals surface area contributed by atoms with E-state index in [9.17, 15) is 0 Å². The molecule has 0 bridgehead atoms. The number of hydrogen-bond donors (Lipinski definition) is 0. The second-order valence-electron chi connectivity index (χ2n) is 3.93. The lowest BCUT2D eigenvalue weighted by atomic mass is 10.2. The predicted octanol–water partition coefficient (Wildman–Crippen LogP) is 1.37. The third-order valence-corrected chi connectivity index (χ3v) is 2.77. The first-order valence-electron chi connectivity index (χ1n) is 5.92. The van der Waals surface area contributed by atoms with Gasteiger partial charge in [-0.2, -0.15) is 5.10 Å². The first kappa shape index (κ1) is 12.7. The SMILES string of the molecule is COc1ccc(/C=N/N2CCOCC2)cc1OC. The monoisotopic (exact) mass is 250 g/mol. The molecule has 5 nitrogen and oxygen atoms in total. The van der Waals surface area contributed by atoms with E-state index in [1.165, 1.54) is 0 Å². The van der Waals surface area contributed by atoms with Crippen molar-refractivity contribution >= 4 is 6.21 Å². The molecule has 18 heavy (non-hydrogen) atoms. The molecule has 1 saturated heterocycles. The van der Waals surface area contributed by atoms with Crippen molar-refractivity contribution in [3.05, 3.63) is 23.8 Å². The molecule has 98 valence electrons. The highest BCUT2D eigenvalue weighted by molar-refractivity contribution is 5.80. The number of methoxy groups -OCH3 is 2. The molecule has 1 aliphatic rings. The van der Waals surface area contributed by atoms with Crippen molar-refractivity contribution in [2.24, 2.45) is 5.10 Å². The standard InChI is InChI=1S/C13H18N2O3/c1-16-12-4-3-11(9-13(12)17-2)10-14-15-5-7-18-8-6-15/h3-4,9-10H,5-8H2,1-2H3/b14-10+. The van der Waals surface area contributed by atoms with Crippen molar-refractivity contribution in [2.45, 2.75) is 0 Å². The van der Waals surface area contributed by atoms with Gasteiger partial charge in [0.25, 0.3) is 0 Å². The van der Waals surface area contributed by atoms with Gasteiger partial charge in [0.1, 0.15) is 0 Å². The van der Waals surface area contributed by atoms with Crippen LogP contribution >= 0.6 is 0 Å². The summed E-state index contributed by atoms with van der Waals surface area (Å²) >= 11 is 0. The summed E-state index contributed by atoms with van der Waals surface area (Å²) in [6, 6.07) is 5.73. The average Bonchev–Trinajstić information content (AvgIpc) is 2.45. The molecule has 0 aromatic heterocycles. The molecule has 1 aromatic rings. The van der Waals surface area contributed by atoms with Crippen LogP contribution in [-0.2, 0) is 4.74 Å². The van der Waals surface area contributed by atoms with Crippen molar-refractivity contribution in [3.63, 3.8) is 0 Å². The van der Waals surface area contributed by atoms with Gasteiger partial charge in [0.2, 0.25) is 0 Å². The van der Waals surface area contributed by atoms with Crippen molar-refractivity contribution in [2.75, 3.05) is 40.5 Å². The Morgan fingerprint density at radius 2 is 1.89 bits per heavy atom. The zero-order valence-electron chi connectivity index (χ0n) is 10.8. The Kier molecular flexibility index (Phi) is 4.41. The normalized spacial score (nSPS) is 16.0. The molecular weight excluding hydrogens is 232 g/mol. The van der Waals surface area contributed by atoms with Gasteiger partial charge in [0.05, 0.1) is 46.7 Å². The van der Waals surface area contributed by atoms with E-state index >= 15 is 0 Å². The van der Waals surface area contributed by atoms with E-state index in [1.54, 1.807) is 14.2 Å². The third-order valence-electron chi connectivity index (χ3n) is 2.77. The zero-order chi connectivity index (χ0) is 12.8. The summed E-state index contributed by atoms with van der Waals surface area (Å²) in [5, 5.41) is 6.42. The van der Waals surface area contributed by atoms with E-state index in [0.717, 1.165) is 37.6 Å². The molecule has 0 spiro atoms. The number of rotatable bonds is 4. The van der Waals surface area contributed by atoms with Crippen molar-refractivity contribution < 1.29 is 14.2 Å². The quantitative estimate of drug-likeness (QED) is 0.757. The largest absolute Gasteiger partial charge is 0.493 e. The van der Waals surface area contributed by atoms with Gasteiger partial charge in [0.15, 0.2) is 11.5 Å². The van der Waals surface area contributed by atoms with Crippen LogP contribution in [0.4, 0.5) is 0 Å². The fourth-order valence-corrected chi connectivity index (χ4v) is 1.75. The molecule has 0 unspecified atom stereocenters. The van der Waals surface area contributed by atoms with Crippen LogP contribution < -0.4 is 9.47 Å². The summed E-state index contributed by atoms with van der Waals surface area (Å²) < 4.78 is 15.7. The summed E-state index contributed by atoms with van der Waals surface area (Å²) in [5.41, 5.74) is 0.985. The first-order valence-corrected chi connectivity index (χ1v) is 5.92. The number of morpholine rings is 1. The van der Waals surface area contributed by atoms with Crippen LogP contribution in [0.5, 0.6) is 11.5 Å². The molecule has 1 fully saturated rings. The number of benzene rings is 1. The third kappa shape index (κ3) is 3.13. The lowest BCUT2D eigenvalue weighted by Gasteiger charge is -2.23. The fraction of sp³-hybridized carbons (Fsp3) is 0.462. The second-order valence-corrected chi connectivity index (χ2v) is 3.93. The summed E-state index contributed by atoms with van der Waals surface area (Å²) in [6.07, 6.45) is 1.83. The van der Waals surface area contributed by atoms with Crippen LogP contribution in [0.1, 0.15) is 5.56 Å². The molecule has 0 atom stereocenters. The minimum absolute atomic E-state index is 0.712. The minimum Gasteiger partial charge on any atom is -0.493 e. The molecule has 5 heteroatoms. The first-order chi connectivity index (χ1) is 8.83. The van der Waals surface area contributed by atoms with Crippen LogP contribution in [0.3, 0.4) is 0 Å². The highest BCUT2D eigenvalue weighted by Gasteiger charge is 2.07. The second kappa shape index (κ2) is 6.26. The Morgan fingerprint density at radius 1 is 1.17 bits per heavy atom. The van der Waals surface area contributed by atoms with E-state index in [0.29, 0.717) is 5.75 Å². The van der Waals surface area contributed by atoms with E-state index in [1.807, 2.05) is 29.4 Å². The molecule has 0 N–H and O–H groups in total. The summed E-state index contributed by atoms with van der Waals surface area (Å²) in [5.74, 6) is 1.43. The van der Waals surface area contributed by atoms with Gasteiger partial charge in [-0.3, -0.25) is 5.01 Å². The smallest absolute Gasteiger partial charge is 0.161 e. The topological polar surface area (TPSA) is 43.3 Å². The maximum Gasteiger partial charge on any atom is 0.161 e. The van der Waals surface area contributed by atoms with E-state index in [-0.39, 0.29) is 0 Å². The van der Waals surface area contributed by atoms with E-state index in [4.69, 9.17) is 14.2 Å². The highest BCUT2D eigenvalue weighted by atomic mass is 16.5. The molecule has 1 aliphatic heterocycles. The Balaban J connectivity index is 2.06. The molecule has 1 heterocycles. The van der Waals surface area contributed by atoms with Gasteiger partial charge in [-0.25, -0.2) is 0 Å². The average molecular weight is 250 g/mol. The zero-order valence-corrected chi connectivity index (χ0v) is 10.8. The van der Waals surface area contributed by atoms with E-state index < -0.39 is 0 Å². The molecule has 2 rings (SSSR count). The maximum atomic E-state index is 5.27. The van der Waals surface area contributed by atoms with Gasteiger partial charge in [-0.1, -0.05) is 0 Å². The number of hydrazone groups is 1. The Labute approximate surface area is 107 Å². The summed E-state index contributed by atoms with van der Waals surface area (Å²) in [7, 11) is 3.25. The molecular formula is C13H18N2O3. The van der Waals surface area contributed by atoms with E-state index in [2.05, 4.69) is 5.10 Å². The lowest BCUT2D eigenvalue weighted by Crippen LogP contribution is -2.32. The number of ether oxygens (including phenoxy) is 3. The minimum atomic E-state index is 0.712. The van der Waals surface area contributed by atoms with Gasteiger partial charge in [-0.05, 0) is 23.8 Å². The van der Waals surface area contributed by atoms with Crippen molar-refractivity contribution in [1.29, 1.82) is 0 Å². The van der Waals surface area contributed by atoms with Gasteiger partial charge in [-0.15, -0.1) is 0 Å². The summed E-state index contributed by atoms with van der Waals surface area (Å²) in [4.78, 5) is 0. The number of hydrogen-bond acceptors (Lipinski definition) is 5. The molecule has 1 aromatic carbocycles. The molecule has 0 saturated carbocycles. The van der Waals surface area contributed by atoms with Gasteiger partial charge < -0.3 is 14.2 Å². The van der Waals surface area contributed by atoms with Crippen LogP contribution in [0.15, 0.2) is 23.3 Å². The molecule has 0 radical (unpaired) electrons. The highest BCUT2D eigenvalue weighted by Crippen LogP contribution is 2.26. The molecule has 0 aliphatic carbocycles. The van der Waals surface area contributed by atoms with Gasteiger partial charge >= 0.3 is 0 Å². The van der Waals surface area contributed by atoms with Crippen molar-refractivity contribution in [3.8, 4) is 11.5 Å². The Hall–Kier alpha value is -1.75. The predicted molar refractivity (Wildman–Crippen MR) is 69.5 cm³/mol. The Morgan fingerprint density at radius 3 is 2.56 bits per heavy atom. The van der Waals surface area contributed by atoms with Crippen LogP contribution in [-0.4, -0.2) is 51.7 Å². The van der Waals surface area contributed by atoms with Crippen LogP contribution in [0.25, 0.3) is 0 Å². The van der Waals surface area contributed by atoms with Crippen molar-refractivity contribution in [1.82, 2.24) is 5.01 Å². The van der Waals surface area contributed by atoms with Gasteiger partial charge in [0, 0.05) is 0 Å². The van der Waals surface area contributed by atoms with Crippen LogP contribution in [0.2, 0.25) is 0 Å². The Bertz CT molecular complexity index is 415. The lowest BCUT2D eigenvalue weighted by molar-refractivity contribution is 0.0397. The fourth-order valence-electron chi connectivity index (χ4n) is 1.75.